The van der Waals surface area contributed by atoms with Crippen LogP contribution in [0.5, 0.6) is 0 Å². The highest BCUT2D eigenvalue weighted by atomic mass is 32.2. The van der Waals surface area contributed by atoms with Crippen LogP contribution in [0.2, 0.25) is 0 Å². The van der Waals surface area contributed by atoms with Crippen LogP contribution in [0.4, 0.5) is 0 Å². The number of rotatable bonds is 1. The largest absolute Gasteiger partial charge is 0.313 e. The molecule has 1 rings (SSSR count). The molecular weight excluding hydrogens is 138 g/mol. The van der Waals surface area contributed by atoms with Gasteiger partial charge in [0.05, 0.1) is 0 Å². The van der Waals surface area contributed by atoms with Crippen molar-refractivity contribution in [2.24, 2.45) is 5.73 Å². The van der Waals surface area contributed by atoms with Crippen LogP contribution in [-0.2, 0) is 11.1 Å². The van der Waals surface area contributed by atoms with Crippen molar-refractivity contribution in [3.63, 3.8) is 0 Å². The van der Waals surface area contributed by atoms with E-state index in [2.05, 4.69) is 0 Å². The van der Waals surface area contributed by atoms with Gasteiger partial charge in [0.25, 0.3) is 0 Å². The second kappa shape index (κ2) is 2.36. The van der Waals surface area contributed by atoms with Gasteiger partial charge >= 0.3 is 0 Å². The van der Waals surface area contributed by atoms with Crippen molar-refractivity contribution < 1.29 is 8.76 Å². The molecule has 3 N–H and O–H groups in total. The first-order valence-electron chi connectivity index (χ1n) is 3.05. The Kier molecular flexibility index (Phi) is 1.88. The normalized spacial score (nSPS) is 28.2. The van der Waals surface area contributed by atoms with Crippen LogP contribution in [0.3, 0.4) is 0 Å². The minimum absolute atomic E-state index is 0.691. The molecule has 0 heterocycles. The molecule has 0 spiro atoms. The molecule has 4 heteroatoms. The molecule has 0 aromatic heterocycles. The van der Waals surface area contributed by atoms with Crippen molar-refractivity contribution >= 4 is 11.1 Å². The van der Waals surface area contributed by atoms with Gasteiger partial charge in [0, 0.05) is 0 Å². The average Bonchev–Trinajstić information content (AvgIpc) is 2.16. The molecule has 0 saturated heterocycles. The van der Waals surface area contributed by atoms with Crippen molar-refractivity contribution in [2.75, 3.05) is 0 Å². The summed E-state index contributed by atoms with van der Waals surface area (Å²) in [5.41, 5.74) is 5.55. The van der Waals surface area contributed by atoms with E-state index >= 15 is 0 Å². The smallest absolute Gasteiger partial charge is 0.173 e. The number of nitrogens with two attached hydrogens (primary N) is 1. The lowest BCUT2D eigenvalue weighted by atomic mass is 10.3. The van der Waals surface area contributed by atoms with E-state index in [1.54, 1.807) is 0 Å². The van der Waals surface area contributed by atoms with Crippen LogP contribution in [0.15, 0.2) is 0 Å². The third kappa shape index (κ3) is 1.31. The van der Waals surface area contributed by atoms with Gasteiger partial charge in [0.2, 0.25) is 0 Å². The van der Waals surface area contributed by atoms with Crippen molar-refractivity contribution in [2.45, 2.75) is 30.6 Å². The van der Waals surface area contributed by atoms with E-state index in [9.17, 15) is 4.21 Å². The highest BCUT2D eigenvalue weighted by Gasteiger charge is 2.34. The molecular formula is C5H11NO2S. The Bertz CT molecular complexity index is 131. The first kappa shape index (κ1) is 7.18. The Labute approximate surface area is 56.9 Å². The summed E-state index contributed by atoms with van der Waals surface area (Å²) < 4.78 is 19.2. The Morgan fingerprint density at radius 3 is 2.11 bits per heavy atom. The first-order chi connectivity index (χ1) is 4.15. The Morgan fingerprint density at radius 1 is 1.44 bits per heavy atom. The molecule has 0 radical (unpaired) electrons. The van der Waals surface area contributed by atoms with Crippen LogP contribution in [0, 0.1) is 0 Å². The van der Waals surface area contributed by atoms with Crippen LogP contribution >= 0.6 is 0 Å². The van der Waals surface area contributed by atoms with E-state index < -0.39 is 16.0 Å². The fraction of sp³-hybridized carbons (Fsp3) is 1.00. The zero-order valence-corrected chi connectivity index (χ0v) is 5.99. The maximum Gasteiger partial charge on any atom is 0.173 e. The van der Waals surface area contributed by atoms with E-state index in [4.69, 9.17) is 10.3 Å². The zero-order valence-electron chi connectivity index (χ0n) is 5.17. The fourth-order valence-corrected chi connectivity index (χ4v) is 1.79. The highest BCUT2D eigenvalue weighted by Crippen LogP contribution is 2.28. The van der Waals surface area contributed by atoms with Gasteiger partial charge < -0.3 is 10.3 Å². The summed E-state index contributed by atoms with van der Waals surface area (Å²) in [6.45, 7) is 0. The van der Waals surface area contributed by atoms with Gasteiger partial charge in [-0.1, -0.05) is 12.8 Å². The van der Waals surface area contributed by atoms with Crippen LogP contribution in [-0.4, -0.2) is 13.6 Å². The molecule has 9 heavy (non-hydrogen) atoms. The Balaban J connectivity index is 2.61. The first-order valence-corrected chi connectivity index (χ1v) is 4.16. The van der Waals surface area contributed by atoms with E-state index in [0.29, 0.717) is 12.8 Å². The average molecular weight is 149 g/mol. The molecule has 1 saturated carbocycles. The number of hydrogen-bond acceptors (Lipinski definition) is 2. The maximum absolute atomic E-state index is 10.5. The predicted octanol–water partition coefficient (Wildman–Crippen LogP) is 0.437. The standard InChI is InChI=1S/C5H11NO2S/c6-5(9(7)8)3-1-2-4-5/h1-4,6H2,(H,7,8). The third-order valence-electron chi connectivity index (χ3n) is 1.80. The predicted molar refractivity (Wildman–Crippen MR) is 36.2 cm³/mol. The van der Waals surface area contributed by atoms with Gasteiger partial charge in [-0.15, -0.1) is 0 Å². The van der Waals surface area contributed by atoms with Gasteiger partial charge in [0.1, 0.15) is 4.87 Å². The lowest BCUT2D eigenvalue weighted by Crippen LogP contribution is -2.40. The van der Waals surface area contributed by atoms with Crippen LogP contribution in [0.25, 0.3) is 0 Å². The fourth-order valence-electron chi connectivity index (χ4n) is 1.15. The minimum atomic E-state index is -1.83. The molecule has 0 aliphatic heterocycles. The minimum Gasteiger partial charge on any atom is -0.313 e. The highest BCUT2D eigenvalue weighted by molar-refractivity contribution is 7.80. The molecule has 54 valence electrons. The van der Waals surface area contributed by atoms with Crippen molar-refractivity contribution in [1.29, 1.82) is 0 Å². The quantitative estimate of drug-likeness (QED) is 0.532. The second-order valence-electron chi connectivity index (χ2n) is 2.52. The SMILES string of the molecule is NC1(S(=O)O)CCCC1. The van der Waals surface area contributed by atoms with E-state index in [0.717, 1.165) is 12.8 Å². The third-order valence-corrected chi connectivity index (χ3v) is 2.90. The summed E-state index contributed by atoms with van der Waals surface area (Å²) in [6, 6.07) is 0. The maximum atomic E-state index is 10.5. The molecule has 0 bridgehead atoms. The summed E-state index contributed by atoms with van der Waals surface area (Å²) in [7, 11) is 0. The van der Waals surface area contributed by atoms with Gasteiger partial charge in [-0.2, -0.15) is 0 Å². The van der Waals surface area contributed by atoms with Crippen LogP contribution in [0.1, 0.15) is 25.7 Å². The summed E-state index contributed by atoms with van der Waals surface area (Å²) >= 11 is -1.83. The Morgan fingerprint density at radius 2 is 1.89 bits per heavy atom. The van der Waals surface area contributed by atoms with Gasteiger partial charge in [-0.05, 0) is 12.8 Å². The topological polar surface area (TPSA) is 63.3 Å². The number of hydrogen-bond donors (Lipinski definition) is 2. The molecule has 1 unspecified atom stereocenters. The second-order valence-corrected chi connectivity index (χ2v) is 3.83. The molecule has 1 aliphatic rings. The van der Waals surface area contributed by atoms with E-state index in [1.807, 2.05) is 0 Å². The molecule has 1 atom stereocenters. The van der Waals surface area contributed by atoms with Crippen molar-refractivity contribution in [3.05, 3.63) is 0 Å². The molecule has 0 aromatic carbocycles. The van der Waals surface area contributed by atoms with E-state index in [-0.39, 0.29) is 0 Å². The van der Waals surface area contributed by atoms with Crippen molar-refractivity contribution in [3.8, 4) is 0 Å². The monoisotopic (exact) mass is 149 g/mol. The van der Waals surface area contributed by atoms with Gasteiger partial charge in [-0.25, -0.2) is 4.21 Å². The zero-order chi connectivity index (χ0) is 6.91. The van der Waals surface area contributed by atoms with Gasteiger partial charge in [0.15, 0.2) is 11.1 Å². The summed E-state index contributed by atoms with van der Waals surface area (Å²) in [4.78, 5) is -0.778. The summed E-state index contributed by atoms with van der Waals surface area (Å²) in [5.74, 6) is 0. The van der Waals surface area contributed by atoms with Crippen molar-refractivity contribution in [1.82, 2.24) is 0 Å². The van der Waals surface area contributed by atoms with Gasteiger partial charge in [-0.3, -0.25) is 0 Å². The molecule has 0 aromatic rings. The summed E-state index contributed by atoms with van der Waals surface area (Å²) in [6.07, 6.45) is 3.36. The van der Waals surface area contributed by atoms with E-state index in [1.165, 1.54) is 0 Å². The lowest BCUT2D eigenvalue weighted by molar-refractivity contribution is 0.494. The summed E-state index contributed by atoms with van der Waals surface area (Å²) in [5, 5.41) is 0. The van der Waals surface area contributed by atoms with Crippen LogP contribution < -0.4 is 5.73 Å². The lowest BCUT2D eigenvalue weighted by Gasteiger charge is -2.16. The molecule has 0 amide bonds. The molecule has 1 aliphatic carbocycles. The molecule has 3 nitrogen and oxygen atoms in total. The Hall–Kier alpha value is 0.0700. The molecule has 1 fully saturated rings.